The molecule has 4 rings (SSSR count). The average Bonchev–Trinajstić information content (AvgIpc) is 2.73. The Kier molecular flexibility index (Phi) is 5.20. The first-order valence-corrected chi connectivity index (χ1v) is 9.27. The van der Waals surface area contributed by atoms with E-state index in [1.807, 2.05) is 0 Å². The molecule has 4 aromatic rings. The van der Waals surface area contributed by atoms with Crippen molar-refractivity contribution < 1.29 is 26.3 Å². The maximum atomic E-state index is 13.2. The molecule has 2 aromatic carbocycles. The van der Waals surface area contributed by atoms with Gasteiger partial charge in [-0.25, -0.2) is 0 Å². The van der Waals surface area contributed by atoms with E-state index in [9.17, 15) is 31.1 Å². The SMILES string of the molecule is O=c1c2cccnc2c(-c2cccc(C(F)(F)F)c2)nn1-c1ccc(C(F)(F)F)cc1Cl. The zero-order valence-electron chi connectivity index (χ0n) is 15.7. The molecule has 0 bridgehead atoms. The van der Waals surface area contributed by atoms with E-state index >= 15 is 0 Å². The fourth-order valence-corrected chi connectivity index (χ4v) is 3.39. The summed E-state index contributed by atoms with van der Waals surface area (Å²) in [6, 6.07) is 9.43. The molecule has 32 heavy (non-hydrogen) atoms. The molecule has 0 fully saturated rings. The van der Waals surface area contributed by atoms with E-state index in [-0.39, 0.29) is 27.8 Å². The van der Waals surface area contributed by atoms with Gasteiger partial charge >= 0.3 is 12.4 Å². The standard InChI is InChI=1S/C21H10ClF6N3O/c22-15-10-13(21(26,27)28)6-7-16(15)31-19(32)14-5-2-8-29-18(14)17(30-31)11-3-1-4-12(9-11)20(23,24)25/h1-10H. The summed E-state index contributed by atoms with van der Waals surface area (Å²) in [5, 5.41) is 3.72. The molecule has 0 unspecified atom stereocenters. The van der Waals surface area contributed by atoms with Crippen molar-refractivity contribution in [2.75, 3.05) is 0 Å². The van der Waals surface area contributed by atoms with Crippen molar-refractivity contribution in [2.45, 2.75) is 12.4 Å². The Bertz CT molecular complexity index is 1400. The van der Waals surface area contributed by atoms with Crippen LogP contribution in [0, 0.1) is 0 Å². The van der Waals surface area contributed by atoms with Crippen molar-refractivity contribution >= 4 is 22.5 Å². The molecule has 2 heterocycles. The molecule has 0 amide bonds. The highest BCUT2D eigenvalue weighted by atomic mass is 35.5. The van der Waals surface area contributed by atoms with Crippen molar-refractivity contribution in [3.63, 3.8) is 0 Å². The van der Waals surface area contributed by atoms with Crippen LogP contribution in [0.3, 0.4) is 0 Å². The summed E-state index contributed by atoms with van der Waals surface area (Å²) in [5.41, 5.74) is -2.89. The molecule has 0 atom stereocenters. The lowest BCUT2D eigenvalue weighted by atomic mass is 10.1. The minimum absolute atomic E-state index is 0.00544. The summed E-state index contributed by atoms with van der Waals surface area (Å²) < 4.78 is 79.2. The summed E-state index contributed by atoms with van der Waals surface area (Å²) in [6.07, 6.45) is -7.93. The topological polar surface area (TPSA) is 47.8 Å². The first kappa shape index (κ1) is 21.8. The van der Waals surface area contributed by atoms with Gasteiger partial charge in [-0.1, -0.05) is 23.7 Å². The predicted octanol–water partition coefficient (Wildman–Crippen LogP) is 6.14. The van der Waals surface area contributed by atoms with E-state index in [1.165, 1.54) is 30.5 Å². The molecule has 4 nitrogen and oxygen atoms in total. The van der Waals surface area contributed by atoms with Gasteiger partial charge in [-0.3, -0.25) is 9.78 Å². The van der Waals surface area contributed by atoms with Gasteiger partial charge in [0, 0.05) is 11.8 Å². The number of fused-ring (bicyclic) bond motifs is 1. The molecule has 0 aliphatic rings. The molecule has 0 N–H and O–H groups in total. The smallest absolute Gasteiger partial charge is 0.267 e. The van der Waals surface area contributed by atoms with Crippen molar-refractivity contribution in [1.82, 2.24) is 14.8 Å². The molecule has 0 saturated heterocycles. The molecule has 0 radical (unpaired) electrons. The van der Waals surface area contributed by atoms with E-state index in [0.717, 1.165) is 28.9 Å². The Balaban J connectivity index is 2.00. The van der Waals surface area contributed by atoms with Crippen molar-refractivity contribution in [3.8, 4) is 16.9 Å². The van der Waals surface area contributed by atoms with Gasteiger partial charge in [0.2, 0.25) is 0 Å². The van der Waals surface area contributed by atoms with Crippen molar-refractivity contribution in [3.05, 3.63) is 87.3 Å². The first-order valence-electron chi connectivity index (χ1n) is 8.89. The number of rotatable bonds is 2. The van der Waals surface area contributed by atoms with Crippen LogP contribution in [0.5, 0.6) is 0 Å². The lowest BCUT2D eigenvalue weighted by Gasteiger charge is -2.14. The van der Waals surface area contributed by atoms with E-state index in [1.54, 1.807) is 0 Å². The lowest BCUT2D eigenvalue weighted by molar-refractivity contribution is -0.138. The molecular formula is C21H10ClF6N3O. The van der Waals surface area contributed by atoms with E-state index in [4.69, 9.17) is 11.6 Å². The van der Waals surface area contributed by atoms with Crippen LogP contribution in [0.2, 0.25) is 5.02 Å². The molecular weight excluding hydrogens is 460 g/mol. The van der Waals surface area contributed by atoms with Crippen LogP contribution >= 0.6 is 11.6 Å². The third-order valence-electron chi connectivity index (χ3n) is 4.62. The maximum Gasteiger partial charge on any atom is 0.416 e. The fraction of sp³-hybridized carbons (Fsp3) is 0.0952. The van der Waals surface area contributed by atoms with Gasteiger partial charge in [0.25, 0.3) is 5.56 Å². The lowest BCUT2D eigenvalue weighted by Crippen LogP contribution is -2.23. The van der Waals surface area contributed by atoms with Gasteiger partial charge in [-0.05, 0) is 42.5 Å². The van der Waals surface area contributed by atoms with E-state index < -0.39 is 34.1 Å². The molecule has 0 spiro atoms. The Morgan fingerprint density at radius 3 is 2.19 bits per heavy atom. The number of aromatic nitrogens is 3. The van der Waals surface area contributed by atoms with Crippen LogP contribution < -0.4 is 5.56 Å². The largest absolute Gasteiger partial charge is 0.416 e. The van der Waals surface area contributed by atoms with Gasteiger partial charge in [-0.15, -0.1) is 0 Å². The fourth-order valence-electron chi connectivity index (χ4n) is 3.13. The van der Waals surface area contributed by atoms with Crippen LogP contribution in [0.1, 0.15) is 11.1 Å². The minimum Gasteiger partial charge on any atom is -0.267 e. The molecule has 2 aromatic heterocycles. The number of benzene rings is 2. The van der Waals surface area contributed by atoms with Crippen molar-refractivity contribution in [2.24, 2.45) is 0 Å². The van der Waals surface area contributed by atoms with Gasteiger partial charge in [0.1, 0.15) is 11.2 Å². The van der Waals surface area contributed by atoms with Gasteiger partial charge in [0.05, 0.1) is 27.2 Å². The molecule has 0 saturated carbocycles. The second kappa shape index (κ2) is 7.63. The Morgan fingerprint density at radius 1 is 0.844 bits per heavy atom. The number of pyridine rings is 1. The third-order valence-corrected chi connectivity index (χ3v) is 4.92. The zero-order chi connectivity index (χ0) is 23.3. The van der Waals surface area contributed by atoms with Gasteiger partial charge in [0.15, 0.2) is 0 Å². The highest BCUT2D eigenvalue weighted by Crippen LogP contribution is 2.35. The number of nitrogens with zero attached hydrogens (tertiary/aromatic N) is 3. The monoisotopic (exact) mass is 469 g/mol. The summed E-state index contributed by atoms with van der Waals surface area (Å²) in [5.74, 6) is 0. The van der Waals surface area contributed by atoms with E-state index in [0.29, 0.717) is 6.07 Å². The maximum absolute atomic E-state index is 13.2. The highest BCUT2D eigenvalue weighted by Gasteiger charge is 2.32. The van der Waals surface area contributed by atoms with Gasteiger partial charge < -0.3 is 0 Å². The predicted molar refractivity (Wildman–Crippen MR) is 106 cm³/mol. The van der Waals surface area contributed by atoms with Crippen LogP contribution in [-0.4, -0.2) is 14.8 Å². The van der Waals surface area contributed by atoms with Crippen LogP contribution in [-0.2, 0) is 12.4 Å². The molecule has 0 aliphatic carbocycles. The normalized spacial score (nSPS) is 12.3. The Morgan fingerprint density at radius 2 is 1.53 bits per heavy atom. The molecule has 11 heteroatoms. The van der Waals surface area contributed by atoms with Gasteiger partial charge in [-0.2, -0.15) is 36.1 Å². The second-order valence-electron chi connectivity index (χ2n) is 6.71. The van der Waals surface area contributed by atoms with Crippen LogP contribution in [0.15, 0.2) is 65.6 Å². The summed E-state index contributed by atoms with van der Waals surface area (Å²) >= 11 is 6.01. The highest BCUT2D eigenvalue weighted by molar-refractivity contribution is 6.32. The van der Waals surface area contributed by atoms with Crippen molar-refractivity contribution in [1.29, 1.82) is 0 Å². The number of hydrogen-bond donors (Lipinski definition) is 0. The Hall–Kier alpha value is -3.40. The van der Waals surface area contributed by atoms with Crippen LogP contribution in [0.4, 0.5) is 26.3 Å². The first-order chi connectivity index (χ1) is 15.0. The second-order valence-corrected chi connectivity index (χ2v) is 7.11. The molecule has 164 valence electrons. The third kappa shape index (κ3) is 3.93. The summed E-state index contributed by atoms with van der Waals surface area (Å²) in [4.78, 5) is 17.0. The Labute approximate surface area is 180 Å². The quantitative estimate of drug-likeness (QED) is 0.331. The number of alkyl halides is 6. The van der Waals surface area contributed by atoms with Crippen LogP contribution in [0.25, 0.3) is 27.8 Å². The minimum atomic E-state index is -4.66. The number of halogens is 7. The average molecular weight is 470 g/mol. The van der Waals surface area contributed by atoms with E-state index in [2.05, 4.69) is 10.1 Å². The summed E-state index contributed by atoms with van der Waals surface area (Å²) in [6.45, 7) is 0. The number of hydrogen-bond acceptors (Lipinski definition) is 3. The summed E-state index contributed by atoms with van der Waals surface area (Å²) in [7, 11) is 0. The molecule has 0 aliphatic heterocycles. The zero-order valence-corrected chi connectivity index (χ0v) is 16.4.